The van der Waals surface area contributed by atoms with Gasteiger partial charge in [0, 0.05) is 11.8 Å². The maximum Gasteiger partial charge on any atom is 0.167 e. The van der Waals surface area contributed by atoms with Crippen LogP contribution in [0.1, 0.15) is 32.3 Å². The summed E-state index contributed by atoms with van der Waals surface area (Å²) in [5.74, 6) is 0.376. The molecule has 0 spiro atoms. The minimum Gasteiger partial charge on any atom is -0.496 e. The second-order valence-corrected chi connectivity index (χ2v) is 5.51. The first-order valence-corrected chi connectivity index (χ1v) is 7.78. The van der Waals surface area contributed by atoms with Gasteiger partial charge in [0.05, 0.1) is 26.3 Å². The van der Waals surface area contributed by atoms with E-state index in [2.05, 4.69) is 16.8 Å². The van der Waals surface area contributed by atoms with Crippen LogP contribution in [0, 0.1) is 5.82 Å². The molecule has 1 aliphatic rings. The van der Waals surface area contributed by atoms with Crippen molar-refractivity contribution in [2.24, 2.45) is 4.99 Å². The highest BCUT2D eigenvalue weighted by atomic mass is 19.1. The Hall–Kier alpha value is -1.62. The second kappa shape index (κ2) is 7.58. The van der Waals surface area contributed by atoms with E-state index in [9.17, 15) is 4.39 Å². The molecule has 1 atom stereocenters. The van der Waals surface area contributed by atoms with Gasteiger partial charge in [-0.3, -0.25) is 9.89 Å². The average molecular weight is 308 g/mol. The Labute approximate surface area is 131 Å². The molecule has 5 heteroatoms. The molecule has 1 unspecified atom stereocenters. The summed E-state index contributed by atoms with van der Waals surface area (Å²) < 4.78 is 24.5. The van der Waals surface area contributed by atoms with Crippen LogP contribution in [0.25, 0.3) is 0 Å². The van der Waals surface area contributed by atoms with Crippen LogP contribution in [0.4, 0.5) is 4.39 Å². The van der Waals surface area contributed by atoms with E-state index in [0.717, 1.165) is 25.3 Å². The van der Waals surface area contributed by atoms with Gasteiger partial charge >= 0.3 is 0 Å². The predicted molar refractivity (Wildman–Crippen MR) is 86.9 cm³/mol. The van der Waals surface area contributed by atoms with Gasteiger partial charge in [0.2, 0.25) is 0 Å². The van der Waals surface area contributed by atoms with Crippen molar-refractivity contribution in [2.75, 3.05) is 33.9 Å². The van der Waals surface area contributed by atoms with Crippen LogP contribution in [0.5, 0.6) is 11.5 Å². The van der Waals surface area contributed by atoms with Crippen LogP contribution < -0.4 is 9.47 Å². The molecule has 122 valence electrons. The maximum atomic E-state index is 13.9. The molecule has 0 aromatic heterocycles. The van der Waals surface area contributed by atoms with Crippen LogP contribution in [0.3, 0.4) is 0 Å². The molecule has 0 radical (unpaired) electrons. The molecule has 0 N–H and O–H groups in total. The van der Waals surface area contributed by atoms with Crippen molar-refractivity contribution in [1.82, 2.24) is 4.90 Å². The third-order valence-corrected chi connectivity index (χ3v) is 4.30. The molecular weight excluding hydrogens is 283 g/mol. The Bertz CT molecular complexity index is 546. The van der Waals surface area contributed by atoms with Gasteiger partial charge in [0.25, 0.3) is 0 Å². The highest BCUT2D eigenvalue weighted by molar-refractivity contribution is 6.03. The van der Waals surface area contributed by atoms with Crippen molar-refractivity contribution in [2.45, 2.75) is 32.7 Å². The Balaban J connectivity index is 2.26. The lowest BCUT2D eigenvalue weighted by Crippen LogP contribution is -2.31. The molecule has 0 aliphatic carbocycles. The first-order chi connectivity index (χ1) is 10.6. The van der Waals surface area contributed by atoms with Crippen LogP contribution >= 0.6 is 0 Å². The fourth-order valence-corrected chi connectivity index (χ4v) is 3.09. The summed E-state index contributed by atoms with van der Waals surface area (Å²) in [4.78, 5) is 7.12. The quantitative estimate of drug-likeness (QED) is 0.757. The van der Waals surface area contributed by atoms with Crippen molar-refractivity contribution >= 4 is 5.71 Å². The number of likely N-dealkylation sites (tertiary alicyclic amines) is 1. The minimum atomic E-state index is -0.399. The third-order valence-electron chi connectivity index (χ3n) is 4.30. The van der Waals surface area contributed by atoms with E-state index < -0.39 is 5.82 Å². The number of aliphatic imine (C=N–C) groups is 1. The fourth-order valence-electron chi connectivity index (χ4n) is 3.09. The molecular formula is C17H25FN2O2. The van der Waals surface area contributed by atoms with Crippen molar-refractivity contribution in [3.05, 3.63) is 23.5 Å². The number of hydrogen-bond acceptors (Lipinski definition) is 4. The minimum absolute atomic E-state index is 0.194. The van der Waals surface area contributed by atoms with Gasteiger partial charge in [-0.1, -0.05) is 6.92 Å². The van der Waals surface area contributed by atoms with E-state index in [0.29, 0.717) is 17.4 Å². The molecule has 1 heterocycles. The number of likely N-dealkylation sites (N-methyl/N-ethyl adjacent to an activating group) is 1. The van der Waals surface area contributed by atoms with Gasteiger partial charge in [-0.2, -0.15) is 0 Å². The first kappa shape index (κ1) is 16.7. The largest absolute Gasteiger partial charge is 0.496 e. The Kier molecular flexibility index (Phi) is 5.77. The smallest absolute Gasteiger partial charge is 0.167 e. The topological polar surface area (TPSA) is 34.1 Å². The van der Waals surface area contributed by atoms with Crippen molar-refractivity contribution in [3.63, 3.8) is 0 Å². The van der Waals surface area contributed by atoms with E-state index in [1.807, 2.05) is 6.92 Å². The van der Waals surface area contributed by atoms with Crippen molar-refractivity contribution in [3.8, 4) is 11.5 Å². The molecule has 0 saturated carbocycles. The number of nitrogens with zero attached hydrogens (tertiary/aromatic N) is 2. The van der Waals surface area contributed by atoms with E-state index in [4.69, 9.17) is 9.47 Å². The number of rotatable bonds is 6. The monoisotopic (exact) mass is 308 g/mol. The van der Waals surface area contributed by atoms with Crippen LogP contribution in [0.15, 0.2) is 17.1 Å². The molecule has 22 heavy (non-hydrogen) atoms. The van der Waals surface area contributed by atoms with E-state index in [1.165, 1.54) is 26.0 Å². The summed E-state index contributed by atoms with van der Waals surface area (Å²) in [6, 6.07) is 3.44. The summed E-state index contributed by atoms with van der Waals surface area (Å²) in [6.07, 6.45) is 2.39. The molecule has 1 aromatic carbocycles. The van der Waals surface area contributed by atoms with Crippen LogP contribution in [0.2, 0.25) is 0 Å². The zero-order chi connectivity index (χ0) is 16.1. The summed E-state index contributed by atoms with van der Waals surface area (Å²) >= 11 is 0. The zero-order valence-electron chi connectivity index (χ0n) is 13.9. The van der Waals surface area contributed by atoms with E-state index in [-0.39, 0.29) is 5.75 Å². The summed E-state index contributed by atoms with van der Waals surface area (Å²) in [6.45, 7) is 6.97. The predicted octanol–water partition coefficient (Wildman–Crippen LogP) is 3.14. The zero-order valence-corrected chi connectivity index (χ0v) is 13.9. The standard InChI is InChI=1S/C17H25FN2O2/c1-5-20-10-6-7-13(20)11-19-12(2)16-15(21-3)9-8-14(18)17(16)22-4/h8-9,13H,5-7,10-11H2,1-4H3/b19-12+. The highest BCUT2D eigenvalue weighted by Crippen LogP contribution is 2.32. The molecule has 1 fully saturated rings. The Morgan fingerprint density at radius 3 is 2.77 bits per heavy atom. The molecule has 0 amide bonds. The summed E-state index contributed by atoms with van der Waals surface area (Å²) in [5.41, 5.74) is 1.35. The van der Waals surface area contributed by atoms with Gasteiger partial charge in [-0.25, -0.2) is 4.39 Å². The van der Waals surface area contributed by atoms with E-state index in [1.54, 1.807) is 13.2 Å². The molecule has 2 rings (SSSR count). The van der Waals surface area contributed by atoms with Gasteiger partial charge in [-0.05, 0) is 45.0 Å². The molecule has 1 aliphatic heterocycles. The molecule has 1 aromatic rings. The molecule has 1 saturated heterocycles. The molecule has 4 nitrogen and oxygen atoms in total. The summed E-state index contributed by atoms with van der Waals surface area (Å²) in [5, 5.41) is 0. The van der Waals surface area contributed by atoms with E-state index >= 15 is 0 Å². The first-order valence-electron chi connectivity index (χ1n) is 7.78. The normalized spacial score (nSPS) is 19.5. The van der Waals surface area contributed by atoms with Crippen molar-refractivity contribution < 1.29 is 13.9 Å². The lowest BCUT2D eigenvalue weighted by Gasteiger charge is -2.21. The van der Waals surface area contributed by atoms with Crippen LogP contribution in [-0.2, 0) is 0 Å². The summed E-state index contributed by atoms with van der Waals surface area (Å²) in [7, 11) is 3.03. The van der Waals surface area contributed by atoms with Gasteiger partial charge < -0.3 is 9.47 Å². The lowest BCUT2D eigenvalue weighted by atomic mass is 10.1. The van der Waals surface area contributed by atoms with Crippen LogP contribution in [-0.4, -0.2) is 50.5 Å². The maximum absolute atomic E-state index is 13.9. The van der Waals surface area contributed by atoms with Gasteiger partial charge in [0.15, 0.2) is 11.6 Å². The number of halogens is 1. The van der Waals surface area contributed by atoms with Gasteiger partial charge in [0.1, 0.15) is 5.75 Å². The number of methoxy groups -OCH3 is 2. The second-order valence-electron chi connectivity index (χ2n) is 5.51. The van der Waals surface area contributed by atoms with Gasteiger partial charge in [-0.15, -0.1) is 0 Å². The highest BCUT2D eigenvalue weighted by Gasteiger charge is 2.23. The number of hydrogen-bond donors (Lipinski definition) is 0. The fraction of sp³-hybridized carbons (Fsp3) is 0.588. The van der Waals surface area contributed by atoms with Crippen molar-refractivity contribution in [1.29, 1.82) is 0 Å². The third kappa shape index (κ3) is 3.40. The number of ether oxygens (including phenoxy) is 2. The molecule has 0 bridgehead atoms. The SMILES string of the molecule is CCN1CCCC1C/N=C(\C)c1c(OC)ccc(F)c1OC. The average Bonchev–Trinajstić information content (AvgIpc) is 2.99. The lowest BCUT2D eigenvalue weighted by molar-refractivity contribution is 0.273. The number of benzene rings is 1. The Morgan fingerprint density at radius 1 is 1.36 bits per heavy atom. The Morgan fingerprint density at radius 2 is 2.14 bits per heavy atom.